The lowest BCUT2D eigenvalue weighted by Crippen LogP contribution is -2.39. The van der Waals surface area contributed by atoms with Crippen molar-refractivity contribution in [3.63, 3.8) is 0 Å². The molecular formula is C19H17F3N4O2. The number of carbonyl (C=O) groups excluding carboxylic acids is 1. The smallest absolute Gasteiger partial charge is 0.416 e. The molecule has 1 heterocycles. The number of ether oxygens (including phenoxy) is 1. The van der Waals surface area contributed by atoms with Gasteiger partial charge in [-0.15, -0.1) is 0 Å². The number of halogens is 3. The fourth-order valence-electron chi connectivity index (χ4n) is 3.08. The zero-order valence-electron chi connectivity index (χ0n) is 14.7. The van der Waals surface area contributed by atoms with Crippen LogP contribution < -0.4 is 10.1 Å². The van der Waals surface area contributed by atoms with Gasteiger partial charge in [-0.05, 0) is 43.9 Å². The summed E-state index contributed by atoms with van der Waals surface area (Å²) in [6, 6.07) is 6.12. The Hall–Kier alpha value is -3.15. The third-order valence-corrected chi connectivity index (χ3v) is 4.51. The van der Waals surface area contributed by atoms with Crippen LogP contribution in [0.25, 0.3) is 0 Å². The summed E-state index contributed by atoms with van der Waals surface area (Å²) in [6.45, 7) is 0. The van der Waals surface area contributed by atoms with E-state index in [0.717, 1.165) is 12.1 Å². The normalized spacial score (nSPS) is 19.5. The Labute approximate surface area is 159 Å². The van der Waals surface area contributed by atoms with Gasteiger partial charge >= 0.3 is 6.18 Å². The molecule has 146 valence electrons. The molecule has 0 bridgehead atoms. The van der Waals surface area contributed by atoms with Crippen molar-refractivity contribution < 1.29 is 22.7 Å². The number of rotatable bonds is 4. The van der Waals surface area contributed by atoms with Crippen LogP contribution in [0.1, 0.15) is 47.3 Å². The lowest BCUT2D eigenvalue weighted by atomic mass is 9.92. The third kappa shape index (κ3) is 4.76. The number of nitriles is 1. The molecule has 0 radical (unpaired) electrons. The summed E-state index contributed by atoms with van der Waals surface area (Å²) in [5.74, 6) is -0.349. The highest BCUT2D eigenvalue weighted by Gasteiger charge is 2.31. The van der Waals surface area contributed by atoms with E-state index >= 15 is 0 Å². The van der Waals surface area contributed by atoms with Crippen LogP contribution in [0.5, 0.6) is 5.88 Å². The predicted octanol–water partition coefficient (Wildman–Crippen LogP) is 3.49. The van der Waals surface area contributed by atoms with Crippen molar-refractivity contribution >= 4 is 5.91 Å². The third-order valence-electron chi connectivity index (χ3n) is 4.51. The Bertz CT molecular complexity index is 887. The van der Waals surface area contributed by atoms with E-state index in [-0.39, 0.29) is 29.3 Å². The van der Waals surface area contributed by atoms with Gasteiger partial charge in [0.05, 0.1) is 5.56 Å². The van der Waals surface area contributed by atoms with E-state index in [1.54, 1.807) is 0 Å². The second-order valence-electron chi connectivity index (χ2n) is 6.47. The number of nitrogens with zero attached hydrogens (tertiary/aromatic N) is 3. The minimum Gasteiger partial charge on any atom is -0.472 e. The van der Waals surface area contributed by atoms with Gasteiger partial charge in [-0.2, -0.15) is 18.4 Å². The lowest BCUT2D eigenvalue weighted by molar-refractivity contribution is -0.137. The van der Waals surface area contributed by atoms with Crippen LogP contribution in [-0.2, 0) is 6.18 Å². The Kier molecular flexibility index (Phi) is 5.78. The minimum atomic E-state index is -4.49. The van der Waals surface area contributed by atoms with Gasteiger partial charge in [0.15, 0.2) is 0 Å². The van der Waals surface area contributed by atoms with E-state index in [1.165, 1.54) is 24.5 Å². The fourth-order valence-corrected chi connectivity index (χ4v) is 3.08. The topological polar surface area (TPSA) is 87.9 Å². The highest BCUT2D eigenvalue weighted by Crippen LogP contribution is 2.30. The van der Waals surface area contributed by atoms with Gasteiger partial charge in [-0.1, -0.05) is 6.07 Å². The molecule has 0 unspecified atom stereocenters. The van der Waals surface area contributed by atoms with Gasteiger partial charge in [0.1, 0.15) is 12.2 Å². The number of benzene rings is 1. The molecule has 0 spiro atoms. The van der Waals surface area contributed by atoms with Gasteiger partial charge < -0.3 is 10.1 Å². The molecule has 1 amide bonds. The van der Waals surface area contributed by atoms with Crippen molar-refractivity contribution in [2.24, 2.45) is 0 Å². The van der Waals surface area contributed by atoms with Crippen molar-refractivity contribution in [1.82, 2.24) is 15.3 Å². The molecule has 1 aliphatic carbocycles. The molecule has 0 aliphatic heterocycles. The van der Waals surface area contributed by atoms with Crippen LogP contribution in [0.15, 0.2) is 36.7 Å². The van der Waals surface area contributed by atoms with E-state index < -0.39 is 17.6 Å². The van der Waals surface area contributed by atoms with E-state index in [1.807, 2.05) is 6.07 Å². The van der Waals surface area contributed by atoms with Crippen LogP contribution in [-0.4, -0.2) is 28.0 Å². The second kappa shape index (κ2) is 8.25. The van der Waals surface area contributed by atoms with Gasteiger partial charge in [0.25, 0.3) is 11.8 Å². The zero-order chi connectivity index (χ0) is 20.1. The van der Waals surface area contributed by atoms with Gasteiger partial charge in [-0.25, -0.2) is 9.97 Å². The van der Waals surface area contributed by atoms with Crippen molar-refractivity contribution in [2.45, 2.75) is 44.0 Å². The van der Waals surface area contributed by atoms with E-state index in [4.69, 9.17) is 10.00 Å². The zero-order valence-corrected chi connectivity index (χ0v) is 14.7. The molecule has 0 atom stereocenters. The van der Waals surface area contributed by atoms with E-state index in [0.29, 0.717) is 25.7 Å². The molecule has 1 aliphatic rings. The first-order valence-corrected chi connectivity index (χ1v) is 8.72. The molecule has 2 aromatic rings. The number of carbonyl (C=O) groups is 1. The summed E-state index contributed by atoms with van der Waals surface area (Å²) in [5.41, 5.74) is -0.761. The Morgan fingerprint density at radius 1 is 1.18 bits per heavy atom. The highest BCUT2D eigenvalue weighted by atomic mass is 19.4. The maximum absolute atomic E-state index is 12.8. The lowest BCUT2D eigenvalue weighted by Gasteiger charge is -2.29. The molecule has 1 saturated carbocycles. The van der Waals surface area contributed by atoms with Crippen LogP contribution >= 0.6 is 0 Å². The van der Waals surface area contributed by atoms with Crippen LogP contribution in [0.2, 0.25) is 0 Å². The molecule has 6 nitrogen and oxygen atoms in total. The maximum atomic E-state index is 12.8. The van der Waals surface area contributed by atoms with Crippen molar-refractivity contribution in [3.8, 4) is 11.9 Å². The Balaban J connectivity index is 1.54. The van der Waals surface area contributed by atoms with Crippen molar-refractivity contribution in [2.75, 3.05) is 0 Å². The molecule has 1 fully saturated rings. The largest absolute Gasteiger partial charge is 0.472 e. The molecule has 0 saturated heterocycles. The van der Waals surface area contributed by atoms with E-state index in [9.17, 15) is 18.0 Å². The summed E-state index contributed by atoms with van der Waals surface area (Å²) >= 11 is 0. The molecular weight excluding hydrogens is 373 g/mol. The molecule has 1 N–H and O–H groups in total. The van der Waals surface area contributed by atoms with E-state index in [2.05, 4.69) is 15.3 Å². The Morgan fingerprint density at radius 2 is 1.89 bits per heavy atom. The SMILES string of the molecule is N#Cc1nccnc1OC1CCC(NC(=O)c2cccc(C(F)(F)F)c2)CC1. The number of nitrogens with one attached hydrogen (secondary N) is 1. The summed E-state index contributed by atoms with van der Waals surface area (Å²) in [7, 11) is 0. The maximum Gasteiger partial charge on any atom is 0.416 e. The van der Waals surface area contributed by atoms with Crippen LogP contribution in [0.3, 0.4) is 0 Å². The van der Waals surface area contributed by atoms with Gasteiger partial charge in [-0.3, -0.25) is 4.79 Å². The minimum absolute atomic E-state index is 0.0218. The molecule has 1 aromatic heterocycles. The summed E-state index contributed by atoms with van der Waals surface area (Å²) in [5, 5.41) is 11.8. The number of alkyl halides is 3. The first kappa shape index (κ1) is 19.6. The first-order chi connectivity index (χ1) is 13.4. The summed E-state index contributed by atoms with van der Waals surface area (Å²) in [4.78, 5) is 20.2. The highest BCUT2D eigenvalue weighted by molar-refractivity contribution is 5.94. The summed E-state index contributed by atoms with van der Waals surface area (Å²) in [6.07, 6.45) is 0.654. The second-order valence-corrected chi connectivity index (χ2v) is 6.47. The van der Waals surface area contributed by atoms with Crippen LogP contribution in [0.4, 0.5) is 13.2 Å². The standard InChI is InChI=1S/C19H17F3N4O2/c20-19(21,22)13-3-1-2-12(10-13)17(27)26-14-4-6-15(7-5-14)28-18-16(11-23)24-8-9-25-18/h1-3,8-10,14-15H,4-7H2,(H,26,27). The summed E-state index contributed by atoms with van der Waals surface area (Å²) < 4.78 is 44.1. The fraction of sp³-hybridized carbons (Fsp3) is 0.368. The van der Waals surface area contributed by atoms with Crippen molar-refractivity contribution in [3.05, 3.63) is 53.5 Å². The number of hydrogen-bond donors (Lipinski definition) is 1. The molecule has 9 heteroatoms. The number of hydrogen-bond acceptors (Lipinski definition) is 5. The number of amides is 1. The quantitative estimate of drug-likeness (QED) is 0.864. The molecule has 28 heavy (non-hydrogen) atoms. The van der Waals surface area contributed by atoms with Gasteiger partial charge in [0.2, 0.25) is 5.69 Å². The number of aromatic nitrogens is 2. The Morgan fingerprint density at radius 3 is 2.57 bits per heavy atom. The predicted molar refractivity (Wildman–Crippen MR) is 92.3 cm³/mol. The molecule has 1 aromatic carbocycles. The monoisotopic (exact) mass is 390 g/mol. The van der Waals surface area contributed by atoms with Crippen molar-refractivity contribution in [1.29, 1.82) is 5.26 Å². The average Bonchev–Trinajstić information content (AvgIpc) is 2.69. The van der Waals surface area contributed by atoms with Gasteiger partial charge in [0, 0.05) is 24.0 Å². The first-order valence-electron chi connectivity index (χ1n) is 8.72. The average molecular weight is 390 g/mol. The van der Waals surface area contributed by atoms with Crippen LogP contribution in [0, 0.1) is 11.3 Å². The molecule has 3 rings (SSSR count).